The summed E-state index contributed by atoms with van der Waals surface area (Å²) in [6.07, 6.45) is 2.68. The summed E-state index contributed by atoms with van der Waals surface area (Å²) in [7, 11) is -2.29. The molecule has 0 unspecified atom stereocenters. The molecular weight excluding hydrogens is 447 g/mol. The molecule has 1 amide bonds. The average molecular weight is 473 g/mol. The van der Waals surface area contributed by atoms with E-state index >= 15 is 0 Å². The summed E-state index contributed by atoms with van der Waals surface area (Å²) in [6, 6.07) is 12.2. The molecule has 2 N–H and O–H groups in total. The predicted molar refractivity (Wildman–Crippen MR) is 121 cm³/mol. The molecule has 3 aromatic rings. The van der Waals surface area contributed by atoms with Crippen LogP contribution in [0.1, 0.15) is 35.3 Å². The Hall–Kier alpha value is -3.24. The maximum absolute atomic E-state index is 13.2. The predicted octanol–water partition coefficient (Wildman–Crippen LogP) is 3.33. The van der Waals surface area contributed by atoms with Crippen LogP contribution in [-0.2, 0) is 16.6 Å². The molecule has 1 aromatic heterocycles. The van der Waals surface area contributed by atoms with Crippen LogP contribution in [0, 0.1) is 5.82 Å². The van der Waals surface area contributed by atoms with Crippen LogP contribution in [0.5, 0.6) is 5.75 Å². The van der Waals surface area contributed by atoms with Crippen molar-refractivity contribution in [1.82, 2.24) is 19.8 Å². The molecule has 174 valence electrons. The first kappa shape index (κ1) is 22.9. The fourth-order valence-electron chi connectivity index (χ4n) is 3.75. The van der Waals surface area contributed by atoms with Gasteiger partial charge in [-0.2, -0.15) is 9.40 Å². The number of rotatable bonds is 7. The topological polar surface area (TPSA) is 104 Å². The molecule has 0 radical (unpaired) electrons. The minimum absolute atomic E-state index is 0.0784. The summed E-state index contributed by atoms with van der Waals surface area (Å²) in [5.41, 5.74) is 1.95. The fourth-order valence-corrected chi connectivity index (χ4v) is 5.45. The number of hydrogen-bond acceptors (Lipinski definition) is 5. The number of nitrogens with one attached hydrogen (secondary N) is 2. The van der Waals surface area contributed by atoms with Gasteiger partial charge < -0.3 is 10.1 Å². The Morgan fingerprint density at radius 1 is 1.12 bits per heavy atom. The zero-order chi connectivity index (χ0) is 23.4. The summed E-state index contributed by atoms with van der Waals surface area (Å²) in [4.78, 5) is 12.6. The number of piperidine rings is 1. The van der Waals surface area contributed by atoms with Crippen LogP contribution < -0.4 is 10.1 Å². The van der Waals surface area contributed by atoms with Crippen LogP contribution in [0.3, 0.4) is 0 Å². The van der Waals surface area contributed by atoms with Crippen molar-refractivity contribution in [2.75, 3.05) is 20.2 Å². The van der Waals surface area contributed by atoms with E-state index in [9.17, 15) is 17.6 Å². The number of benzene rings is 2. The van der Waals surface area contributed by atoms with E-state index in [1.54, 1.807) is 30.3 Å². The van der Waals surface area contributed by atoms with Crippen molar-refractivity contribution in [1.29, 1.82) is 0 Å². The van der Waals surface area contributed by atoms with Crippen LogP contribution in [0.2, 0.25) is 0 Å². The zero-order valence-electron chi connectivity index (χ0n) is 18.2. The van der Waals surface area contributed by atoms with Gasteiger partial charge in [-0.1, -0.05) is 18.6 Å². The largest absolute Gasteiger partial charge is 0.495 e. The molecule has 4 rings (SSSR count). The molecule has 0 atom stereocenters. The van der Waals surface area contributed by atoms with Gasteiger partial charge in [-0.25, -0.2) is 12.8 Å². The quantitative estimate of drug-likeness (QED) is 0.549. The second-order valence-corrected chi connectivity index (χ2v) is 9.71. The molecule has 8 nitrogen and oxygen atoms in total. The number of hydrogen-bond donors (Lipinski definition) is 2. The van der Waals surface area contributed by atoms with E-state index in [0.29, 0.717) is 24.3 Å². The molecule has 1 aliphatic rings. The number of carbonyl (C=O) groups is 1. The van der Waals surface area contributed by atoms with Gasteiger partial charge in [-0.3, -0.25) is 9.89 Å². The number of ether oxygens (including phenoxy) is 1. The third-order valence-electron chi connectivity index (χ3n) is 5.58. The van der Waals surface area contributed by atoms with Gasteiger partial charge in [-0.15, -0.1) is 0 Å². The van der Waals surface area contributed by atoms with Gasteiger partial charge in [0.1, 0.15) is 22.2 Å². The Morgan fingerprint density at radius 2 is 1.85 bits per heavy atom. The van der Waals surface area contributed by atoms with Crippen molar-refractivity contribution in [3.8, 4) is 17.0 Å². The standard InChI is InChI=1S/C23H25FN4O4S/c1-32-21-10-7-17(13-22(21)33(30,31)28-11-3-2-4-12-28)19-14-20(27-26-19)23(29)25-15-16-5-8-18(24)9-6-16/h5-10,13-14H,2-4,11-12,15H2,1H3,(H,25,29)(H,26,27). The summed E-state index contributed by atoms with van der Waals surface area (Å²) in [5.74, 6) is -0.464. The second kappa shape index (κ2) is 9.72. The lowest BCUT2D eigenvalue weighted by atomic mass is 10.1. The third-order valence-corrected chi connectivity index (χ3v) is 7.50. The van der Waals surface area contributed by atoms with Crippen LogP contribution >= 0.6 is 0 Å². The number of H-pyrrole nitrogens is 1. The van der Waals surface area contributed by atoms with Crippen LogP contribution in [0.15, 0.2) is 53.4 Å². The lowest BCUT2D eigenvalue weighted by molar-refractivity contribution is 0.0946. The van der Waals surface area contributed by atoms with E-state index in [0.717, 1.165) is 24.8 Å². The molecule has 0 bridgehead atoms. The van der Waals surface area contributed by atoms with Gasteiger partial charge >= 0.3 is 0 Å². The van der Waals surface area contributed by atoms with E-state index in [4.69, 9.17) is 4.74 Å². The first-order valence-electron chi connectivity index (χ1n) is 10.6. The number of aromatic amines is 1. The monoisotopic (exact) mass is 472 g/mol. The average Bonchev–Trinajstić information content (AvgIpc) is 3.34. The normalized spacial score (nSPS) is 14.7. The maximum atomic E-state index is 13.2. The summed E-state index contributed by atoms with van der Waals surface area (Å²) < 4.78 is 46.3. The maximum Gasteiger partial charge on any atom is 0.269 e. The Kier molecular flexibility index (Phi) is 6.75. The van der Waals surface area contributed by atoms with Crippen molar-refractivity contribution in [3.05, 3.63) is 65.6 Å². The molecule has 2 heterocycles. The van der Waals surface area contributed by atoms with Gasteiger partial charge in [0.2, 0.25) is 10.0 Å². The van der Waals surface area contributed by atoms with Crippen LogP contribution in [0.4, 0.5) is 4.39 Å². The van der Waals surface area contributed by atoms with Crippen LogP contribution in [-0.4, -0.2) is 49.0 Å². The Balaban J connectivity index is 1.54. The number of amides is 1. The Morgan fingerprint density at radius 3 is 2.55 bits per heavy atom. The van der Waals surface area contributed by atoms with Crippen molar-refractivity contribution < 1.29 is 22.3 Å². The summed E-state index contributed by atoms with van der Waals surface area (Å²) in [5, 5.41) is 9.61. The number of halogens is 1. The van der Waals surface area contributed by atoms with Crippen molar-refractivity contribution in [3.63, 3.8) is 0 Å². The Bertz CT molecular complexity index is 1240. The minimum Gasteiger partial charge on any atom is -0.495 e. The molecule has 2 aromatic carbocycles. The van der Waals surface area contributed by atoms with Gasteiger partial charge in [0.05, 0.1) is 12.8 Å². The lowest BCUT2D eigenvalue weighted by Crippen LogP contribution is -2.35. The summed E-state index contributed by atoms with van der Waals surface area (Å²) >= 11 is 0. The van der Waals surface area contributed by atoms with Gasteiger partial charge in [0.15, 0.2) is 0 Å². The van der Waals surface area contributed by atoms with E-state index in [-0.39, 0.29) is 34.6 Å². The number of aromatic nitrogens is 2. The van der Waals surface area contributed by atoms with Gasteiger partial charge in [-0.05, 0) is 54.8 Å². The first-order chi connectivity index (χ1) is 15.9. The van der Waals surface area contributed by atoms with E-state index in [2.05, 4.69) is 15.5 Å². The highest BCUT2D eigenvalue weighted by molar-refractivity contribution is 7.89. The molecule has 0 spiro atoms. The molecule has 1 saturated heterocycles. The van der Waals surface area contributed by atoms with E-state index in [1.165, 1.54) is 29.6 Å². The van der Waals surface area contributed by atoms with Crippen LogP contribution in [0.25, 0.3) is 11.3 Å². The SMILES string of the molecule is COc1ccc(-c2cc(C(=O)NCc3ccc(F)cc3)[nH]n2)cc1S(=O)(=O)N1CCCCC1. The van der Waals surface area contributed by atoms with Crippen molar-refractivity contribution in [2.45, 2.75) is 30.7 Å². The smallest absolute Gasteiger partial charge is 0.269 e. The van der Waals surface area contributed by atoms with Crippen molar-refractivity contribution >= 4 is 15.9 Å². The second-order valence-electron chi connectivity index (χ2n) is 7.81. The molecule has 10 heteroatoms. The van der Waals surface area contributed by atoms with Crippen molar-refractivity contribution in [2.24, 2.45) is 0 Å². The third kappa shape index (κ3) is 5.07. The number of sulfonamides is 1. The fraction of sp³-hybridized carbons (Fsp3) is 0.304. The highest BCUT2D eigenvalue weighted by atomic mass is 32.2. The highest BCUT2D eigenvalue weighted by Crippen LogP contribution is 2.32. The number of methoxy groups -OCH3 is 1. The van der Waals surface area contributed by atoms with Gasteiger partial charge in [0.25, 0.3) is 5.91 Å². The molecule has 1 fully saturated rings. The minimum atomic E-state index is -3.72. The Labute approximate surface area is 191 Å². The summed E-state index contributed by atoms with van der Waals surface area (Å²) in [6.45, 7) is 1.20. The number of carbonyl (C=O) groups excluding carboxylic acids is 1. The zero-order valence-corrected chi connectivity index (χ0v) is 19.0. The molecular formula is C23H25FN4O4S. The van der Waals surface area contributed by atoms with E-state index in [1.807, 2.05) is 0 Å². The molecule has 0 saturated carbocycles. The van der Waals surface area contributed by atoms with Gasteiger partial charge in [0, 0.05) is 25.2 Å². The molecule has 33 heavy (non-hydrogen) atoms. The molecule has 1 aliphatic heterocycles. The number of nitrogens with zero attached hydrogens (tertiary/aromatic N) is 2. The lowest BCUT2D eigenvalue weighted by Gasteiger charge is -2.26. The van der Waals surface area contributed by atoms with E-state index < -0.39 is 10.0 Å². The first-order valence-corrected chi connectivity index (χ1v) is 12.1. The molecule has 0 aliphatic carbocycles. The highest BCUT2D eigenvalue weighted by Gasteiger charge is 2.29.